The van der Waals surface area contributed by atoms with Crippen LogP contribution in [0.5, 0.6) is 17.2 Å². The van der Waals surface area contributed by atoms with Crippen LogP contribution in [0.25, 0.3) is 5.76 Å². The van der Waals surface area contributed by atoms with Gasteiger partial charge in [-0.15, -0.1) is 0 Å². The molecule has 1 aliphatic rings. The minimum absolute atomic E-state index is 0.0464. The first-order chi connectivity index (χ1) is 20.7. The van der Waals surface area contributed by atoms with Gasteiger partial charge in [-0.2, -0.15) is 0 Å². The van der Waals surface area contributed by atoms with Gasteiger partial charge in [0.05, 0.1) is 25.3 Å². The molecule has 0 saturated carbocycles. The fourth-order valence-corrected chi connectivity index (χ4v) is 5.11. The van der Waals surface area contributed by atoms with Crippen LogP contribution in [0.4, 0.5) is 0 Å². The summed E-state index contributed by atoms with van der Waals surface area (Å²) < 4.78 is 17.5. The molecule has 1 unspecified atom stereocenters. The van der Waals surface area contributed by atoms with Crippen molar-refractivity contribution >= 4 is 17.4 Å². The number of aliphatic hydroxyl groups excluding tert-OH is 1. The lowest BCUT2D eigenvalue weighted by Crippen LogP contribution is -2.32. The molecule has 0 aromatic heterocycles. The second kappa shape index (κ2) is 14.7. The van der Waals surface area contributed by atoms with Crippen molar-refractivity contribution in [3.63, 3.8) is 0 Å². The molecule has 0 spiro atoms. The Morgan fingerprint density at radius 3 is 2.37 bits per heavy atom. The summed E-state index contributed by atoms with van der Waals surface area (Å²) in [5.41, 5.74) is 3.35. The van der Waals surface area contributed by atoms with Crippen LogP contribution >= 0.6 is 0 Å². The Kier molecular flexibility index (Phi) is 10.8. The van der Waals surface area contributed by atoms with Crippen molar-refractivity contribution in [2.75, 3.05) is 40.9 Å². The number of benzene rings is 3. The van der Waals surface area contributed by atoms with Crippen molar-refractivity contribution in [1.29, 1.82) is 0 Å². The maximum atomic E-state index is 13.5. The Morgan fingerprint density at radius 1 is 0.953 bits per heavy atom. The molecule has 1 fully saturated rings. The van der Waals surface area contributed by atoms with E-state index in [-0.39, 0.29) is 11.3 Å². The number of ketones is 1. The molecule has 228 valence electrons. The summed E-state index contributed by atoms with van der Waals surface area (Å²) in [4.78, 5) is 30.4. The van der Waals surface area contributed by atoms with E-state index in [0.29, 0.717) is 54.6 Å². The molecule has 1 heterocycles. The summed E-state index contributed by atoms with van der Waals surface area (Å²) in [6.07, 6.45) is 2.58. The van der Waals surface area contributed by atoms with Gasteiger partial charge in [0.2, 0.25) is 0 Å². The Labute approximate surface area is 254 Å². The minimum atomic E-state index is -0.780. The van der Waals surface area contributed by atoms with Crippen LogP contribution in [0.2, 0.25) is 0 Å². The first-order valence-electron chi connectivity index (χ1n) is 14.8. The van der Waals surface area contributed by atoms with E-state index in [9.17, 15) is 14.7 Å². The molecule has 1 atom stereocenters. The zero-order chi connectivity index (χ0) is 30.9. The molecule has 4 rings (SSSR count). The highest BCUT2D eigenvalue weighted by Gasteiger charge is 2.46. The third kappa shape index (κ3) is 7.56. The third-order valence-corrected chi connectivity index (χ3v) is 7.59. The van der Waals surface area contributed by atoms with Crippen molar-refractivity contribution in [3.05, 3.63) is 94.6 Å². The first-order valence-corrected chi connectivity index (χ1v) is 14.8. The van der Waals surface area contributed by atoms with Gasteiger partial charge in [0.1, 0.15) is 18.1 Å². The predicted octanol–water partition coefficient (Wildman–Crippen LogP) is 6.13. The Hall–Kier alpha value is -4.30. The average Bonchev–Trinajstić information content (AvgIpc) is 3.25. The van der Waals surface area contributed by atoms with Crippen molar-refractivity contribution in [3.8, 4) is 17.2 Å². The van der Waals surface area contributed by atoms with E-state index < -0.39 is 17.7 Å². The van der Waals surface area contributed by atoms with Gasteiger partial charge in [-0.3, -0.25) is 9.59 Å². The highest BCUT2D eigenvalue weighted by molar-refractivity contribution is 6.46. The lowest BCUT2D eigenvalue weighted by molar-refractivity contribution is -0.139. The van der Waals surface area contributed by atoms with E-state index in [1.54, 1.807) is 48.4 Å². The van der Waals surface area contributed by atoms with Crippen LogP contribution in [-0.2, 0) is 16.2 Å². The zero-order valence-corrected chi connectivity index (χ0v) is 25.8. The van der Waals surface area contributed by atoms with Gasteiger partial charge in [0, 0.05) is 12.1 Å². The Balaban J connectivity index is 1.67. The number of aryl methyl sites for hydroxylation is 1. The number of hydrogen-bond donors (Lipinski definition) is 1. The number of carbonyl (C=O) groups excluding carboxylic acids is 2. The standard InChI is InChI=1S/C35H42N2O6/c1-6-7-21-42-29-18-15-26(22-30(29)41-5)32-31(34(39)35(40)37(32)20-10-19-36(3)4)33(38)25-13-16-28(17-14-25)43-23-27-12-9-8-11-24(27)2/h8-9,11-18,22,32,38H,6-7,10,19-21,23H2,1-5H3. The smallest absolute Gasteiger partial charge is 0.295 e. The number of likely N-dealkylation sites (tertiary alicyclic amines) is 1. The minimum Gasteiger partial charge on any atom is -0.507 e. The third-order valence-electron chi connectivity index (χ3n) is 7.59. The van der Waals surface area contributed by atoms with Gasteiger partial charge >= 0.3 is 0 Å². The molecule has 0 aliphatic carbocycles. The topological polar surface area (TPSA) is 88.5 Å². The number of methoxy groups -OCH3 is 1. The molecule has 43 heavy (non-hydrogen) atoms. The lowest BCUT2D eigenvalue weighted by Gasteiger charge is -2.26. The van der Waals surface area contributed by atoms with Gasteiger partial charge in [-0.25, -0.2) is 0 Å². The number of nitrogens with zero attached hydrogens (tertiary/aromatic N) is 2. The normalized spacial score (nSPS) is 16.1. The number of unbranched alkanes of at least 4 members (excludes halogenated alkanes) is 1. The monoisotopic (exact) mass is 586 g/mol. The van der Waals surface area contributed by atoms with Crippen LogP contribution in [-0.4, -0.2) is 67.5 Å². The molecule has 1 saturated heterocycles. The quantitative estimate of drug-likeness (QED) is 0.105. The van der Waals surface area contributed by atoms with Crippen molar-refractivity contribution in [1.82, 2.24) is 9.80 Å². The number of rotatable bonds is 14. The Bertz CT molecular complexity index is 1450. The van der Waals surface area contributed by atoms with Gasteiger partial charge in [0.25, 0.3) is 11.7 Å². The molecule has 8 nitrogen and oxygen atoms in total. The molecular formula is C35H42N2O6. The molecule has 1 amide bonds. The van der Waals surface area contributed by atoms with Gasteiger partial charge in [0.15, 0.2) is 11.5 Å². The summed E-state index contributed by atoms with van der Waals surface area (Å²) in [6, 6.07) is 19.5. The van der Waals surface area contributed by atoms with Crippen LogP contribution in [0.15, 0.2) is 72.3 Å². The number of hydrogen-bond acceptors (Lipinski definition) is 7. The number of Topliss-reactive ketones (excluding diaryl/α,β-unsaturated/α-hetero) is 1. The molecule has 3 aromatic rings. The number of ether oxygens (including phenoxy) is 3. The van der Waals surface area contributed by atoms with E-state index in [2.05, 4.69) is 6.92 Å². The van der Waals surface area contributed by atoms with Crippen molar-refractivity contribution < 1.29 is 28.9 Å². The van der Waals surface area contributed by atoms with Crippen molar-refractivity contribution in [2.24, 2.45) is 0 Å². The molecule has 0 radical (unpaired) electrons. The van der Waals surface area contributed by atoms with E-state index in [0.717, 1.165) is 30.5 Å². The van der Waals surface area contributed by atoms with Crippen LogP contribution in [0.3, 0.4) is 0 Å². The molecule has 1 N–H and O–H groups in total. The SMILES string of the molecule is CCCCOc1ccc(C2C(=C(O)c3ccc(OCc4ccccc4C)cc3)C(=O)C(=O)N2CCCN(C)C)cc1OC. The summed E-state index contributed by atoms with van der Waals surface area (Å²) in [5.74, 6) is 0.142. The molecular weight excluding hydrogens is 544 g/mol. The summed E-state index contributed by atoms with van der Waals surface area (Å²) in [5, 5.41) is 11.5. The van der Waals surface area contributed by atoms with Gasteiger partial charge < -0.3 is 29.1 Å². The molecule has 1 aliphatic heterocycles. The lowest BCUT2D eigenvalue weighted by atomic mass is 9.95. The maximum Gasteiger partial charge on any atom is 0.295 e. The van der Waals surface area contributed by atoms with Crippen LogP contribution in [0, 0.1) is 6.92 Å². The fraction of sp³-hybridized carbons (Fsp3) is 0.371. The largest absolute Gasteiger partial charge is 0.507 e. The van der Waals surface area contributed by atoms with Gasteiger partial charge in [-0.05, 0) is 93.5 Å². The second-order valence-electron chi connectivity index (χ2n) is 11.0. The second-order valence-corrected chi connectivity index (χ2v) is 11.0. The van der Waals surface area contributed by atoms with E-state index in [1.807, 2.05) is 56.3 Å². The molecule has 3 aromatic carbocycles. The summed E-state index contributed by atoms with van der Waals surface area (Å²) >= 11 is 0. The van der Waals surface area contributed by atoms with E-state index in [4.69, 9.17) is 14.2 Å². The number of amides is 1. The highest BCUT2D eigenvalue weighted by atomic mass is 16.5. The highest BCUT2D eigenvalue weighted by Crippen LogP contribution is 2.42. The summed E-state index contributed by atoms with van der Waals surface area (Å²) in [7, 11) is 5.48. The van der Waals surface area contributed by atoms with Crippen LogP contribution in [0.1, 0.15) is 54.5 Å². The number of carbonyl (C=O) groups is 2. The van der Waals surface area contributed by atoms with E-state index in [1.165, 1.54) is 0 Å². The fourth-order valence-electron chi connectivity index (χ4n) is 5.11. The number of aliphatic hydroxyl groups is 1. The zero-order valence-electron chi connectivity index (χ0n) is 25.8. The van der Waals surface area contributed by atoms with Crippen molar-refractivity contribution in [2.45, 2.75) is 45.8 Å². The first kappa shape index (κ1) is 31.6. The summed E-state index contributed by atoms with van der Waals surface area (Å²) in [6.45, 7) is 6.19. The molecule has 8 heteroatoms. The van der Waals surface area contributed by atoms with Crippen LogP contribution < -0.4 is 14.2 Å². The maximum absolute atomic E-state index is 13.5. The Morgan fingerprint density at radius 2 is 1.70 bits per heavy atom. The average molecular weight is 587 g/mol. The predicted molar refractivity (Wildman–Crippen MR) is 168 cm³/mol. The van der Waals surface area contributed by atoms with Gasteiger partial charge in [-0.1, -0.05) is 43.7 Å². The van der Waals surface area contributed by atoms with E-state index >= 15 is 0 Å². The molecule has 0 bridgehead atoms.